The summed E-state index contributed by atoms with van der Waals surface area (Å²) < 4.78 is 16.2. The van der Waals surface area contributed by atoms with Crippen LogP contribution in [0.5, 0.6) is 17.2 Å². The molecule has 0 bridgehead atoms. The third-order valence-corrected chi connectivity index (χ3v) is 6.32. The number of ether oxygens (including phenoxy) is 3. The molecule has 1 fully saturated rings. The summed E-state index contributed by atoms with van der Waals surface area (Å²) in [6, 6.07) is 22.0. The fourth-order valence-corrected chi connectivity index (χ4v) is 4.49. The summed E-state index contributed by atoms with van der Waals surface area (Å²) in [4.78, 5) is 24.7. The van der Waals surface area contributed by atoms with Gasteiger partial charge < -0.3 is 24.6 Å². The first-order valence-corrected chi connectivity index (χ1v) is 12.1. The number of hydrogen-bond acceptors (Lipinski definition) is 6. The lowest BCUT2D eigenvalue weighted by Gasteiger charge is -2.28. The molecule has 0 saturated heterocycles. The van der Waals surface area contributed by atoms with E-state index in [-0.39, 0.29) is 36.8 Å². The summed E-state index contributed by atoms with van der Waals surface area (Å²) >= 11 is 0. The molecule has 1 aliphatic rings. The number of rotatable bonds is 9. The molecule has 4 rings (SSSR count). The number of methoxy groups -OCH3 is 1. The first-order valence-electron chi connectivity index (χ1n) is 12.1. The van der Waals surface area contributed by atoms with Crippen LogP contribution >= 0.6 is 0 Å². The number of amides is 1. The van der Waals surface area contributed by atoms with Crippen molar-refractivity contribution in [1.82, 2.24) is 0 Å². The number of nitrogens with one attached hydrogen (secondary N) is 1. The number of para-hydroxylation sites is 1. The Kier molecular flexibility index (Phi) is 8.44. The maximum atomic E-state index is 12.6. The van der Waals surface area contributed by atoms with Crippen molar-refractivity contribution in [1.29, 1.82) is 0 Å². The molecular weight excluding hydrogens is 458 g/mol. The van der Waals surface area contributed by atoms with Gasteiger partial charge in [-0.2, -0.15) is 0 Å². The molecule has 36 heavy (non-hydrogen) atoms. The number of phenols is 1. The predicted molar refractivity (Wildman–Crippen MR) is 136 cm³/mol. The van der Waals surface area contributed by atoms with Crippen LogP contribution in [0.25, 0.3) is 0 Å². The van der Waals surface area contributed by atoms with Crippen molar-refractivity contribution in [3.8, 4) is 17.2 Å². The van der Waals surface area contributed by atoms with Gasteiger partial charge in [-0.3, -0.25) is 4.79 Å². The Morgan fingerprint density at radius 1 is 0.944 bits per heavy atom. The Labute approximate surface area is 211 Å². The molecule has 1 aliphatic carbocycles. The molecule has 0 heterocycles. The Morgan fingerprint density at radius 2 is 1.72 bits per heavy atom. The zero-order valence-electron chi connectivity index (χ0n) is 20.3. The summed E-state index contributed by atoms with van der Waals surface area (Å²) in [6.07, 6.45) is 3.47. The van der Waals surface area contributed by atoms with E-state index in [2.05, 4.69) is 11.4 Å². The summed E-state index contributed by atoms with van der Waals surface area (Å²) in [7, 11) is 1.47. The van der Waals surface area contributed by atoms with E-state index in [0.717, 1.165) is 42.5 Å². The molecule has 188 valence electrons. The van der Waals surface area contributed by atoms with Crippen molar-refractivity contribution in [3.05, 3.63) is 83.9 Å². The zero-order chi connectivity index (χ0) is 25.3. The molecule has 3 aromatic carbocycles. The van der Waals surface area contributed by atoms with Crippen LogP contribution < -0.4 is 14.8 Å². The first kappa shape index (κ1) is 25.1. The summed E-state index contributed by atoms with van der Waals surface area (Å²) in [5.74, 6) is 0.879. The highest BCUT2D eigenvalue weighted by molar-refractivity contribution is 5.92. The Balaban J connectivity index is 1.24. The SMILES string of the molecule is COc1cc(CC(=O)Nc2cccc(C3CCC(OC(=O)COc4ccccc4)CC3)c2)ccc1O. The molecule has 0 radical (unpaired) electrons. The number of carbonyl (C=O) groups is 2. The molecule has 0 spiro atoms. The second kappa shape index (κ2) is 12.1. The Bertz CT molecular complexity index is 1170. The van der Waals surface area contributed by atoms with Gasteiger partial charge in [0, 0.05) is 5.69 Å². The second-order valence-electron chi connectivity index (χ2n) is 8.92. The quantitative estimate of drug-likeness (QED) is 0.400. The molecule has 0 atom stereocenters. The van der Waals surface area contributed by atoms with Crippen LogP contribution in [0.1, 0.15) is 42.7 Å². The third kappa shape index (κ3) is 7.01. The van der Waals surface area contributed by atoms with Gasteiger partial charge in [0.1, 0.15) is 11.9 Å². The molecule has 7 nitrogen and oxygen atoms in total. The van der Waals surface area contributed by atoms with E-state index in [9.17, 15) is 14.7 Å². The number of hydrogen-bond donors (Lipinski definition) is 2. The lowest BCUT2D eigenvalue weighted by Crippen LogP contribution is -2.26. The molecule has 2 N–H and O–H groups in total. The third-order valence-electron chi connectivity index (χ3n) is 6.32. The molecule has 7 heteroatoms. The molecule has 0 aliphatic heterocycles. The highest BCUT2D eigenvalue weighted by Crippen LogP contribution is 2.35. The number of benzene rings is 3. The minimum atomic E-state index is -0.349. The topological polar surface area (TPSA) is 94.1 Å². The monoisotopic (exact) mass is 489 g/mol. The molecule has 0 unspecified atom stereocenters. The van der Waals surface area contributed by atoms with Crippen LogP contribution in [0.15, 0.2) is 72.8 Å². The molecule has 0 aromatic heterocycles. The Morgan fingerprint density at radius 3 is 2.47 bits per heavy atom. The minimum Gasteiger partial charge on any atom is -0.504 e. The van der Waals surface area contributed by atoms with Crippen LogP contribution in [0, 0.1) is 0 Å². The lowest BCUT2D eigenvalue weighted by molar-refractivity contribution is -0.153. The summed E-state index contributed by atoms with van der Waals surface area (Å²) in [5.41, 5.74) is 2.66. The highest BCUT2D eigenvalue weighted by atomic mass is 16.6. The van der Waals surface area contributed by atoms with Gasteiger partial charge in [0.15, 0.2) is 18.1 Å². The number of aromatic hydroxyl groups is 1. The van der Waals surface area contributed by atoms with E-state index in [0.29, 0.717) is 17.4 Å². The van der Waals surface area contributed by atoms with Gasteiger partial charge in [0.25, 0.3) is 0 Å². The maximum Gasteiger partial charge on any atom is 0.344 e. The summed E-state index contributed by atoms with van der Waals surface area (Å²) in [5, 5.41) is 12.7. The van der Waals surface area contributed by atoms with Gasteiger partial charge >= 0.3 is 5.97 Å². The van der Waals surface area contributed by atoms with Crippen molar-refractivity contribution in [2.24, 2.45) is 0 Å². The number of esters is 1. The average molecular weight is 490 g/mol. The van der Waals surface area contributed by atoms with E-state index in [1.807, 2.05) is 36.4 Å². The molecule has 3 aromatic rings. The van der Waals surface area contributed by atoms with Crippen LogP contribution in [-0.4, -0.2) is 36.8 Å². The molecule has 1 amide bonds. The Hall–Kier alpha value is -4.00. The normalized spacial score (nSPS) is 17.1. The fourth-order valence-electron chi connectivity index (χ4n) is 4.49. The number of anilines is 1. The maximum absolute atomic E-state index is 12.6. The number of carbonyl (C=O) groups excluding carboxylic acids is 2. The van der Waals surface area contributed by atoms with E-state index >= 15 is 0 Å². The smallest absolute Gasteiger partial charge is 0.344 e. The van der Waals surface area contributed by atoms with Crippen molar-refractivity contribution < 1.29 is 28.9 Å². The lowest BCUT2D eigenvalue weighted by atomic mass is 9.82. The van der Waals surface area contributed by atoms with Crippen LogP contribution in [0.3, 0.4) is 0 Å². The zero-order valence-corrected chi connectivity index (χ0v) is 20.3. The van der Waals surface area contributed by atoms with Crippen molar-refractivity contribution in [2.45, 2.75) is 44.1 Å². The van der Waals surface area contributed by atoms with Crippen LogP contribution in [-0.2, 0) is 20.7 Å². The first-order chi connectivity index (χ1) is 17.5. The van der Waals surface area contributed by atoms with Crippen molar-refractivity contribution >= 4 is 17.6 Å². The summed E-state index contributed by atoms with van der Waals surface area (Å²) in [6.45, 7) is -0.0946. The standard InChI is InChI=1S/C29H31NO6/c1-34-27-16-20(10-15-26(27)31)17-28(32)30-23-7-5-6-22(18-23)21-11-13-25(14-12-21)36-29(33)19-35-24-8-3-2-4-9-24/h2-10,15-16,18,21,25,31H,11-14,17,19H2,1H3,(H,30,32). The van der Waals surface area contributed by atoms with Gasteiger partial charge in [-0.1, -0.05) is 36.4 Å². The van der Waals surface area contributed by atoms with Crippen molar-refractivity contribution in [3.63, 3.8) is 0 Å². The number of phenolic OH excluding ortho intramolecular Hbond substituents is 1. The van der Waals surface area contributed by atoms with E-state index in [1.54, 1.807) is 24.3 Å². The predicted octanol–water partition coefficient (Wildman–Crippen LogP) is 5.23. The second-order valence-corrected chi connectivity index (χ2v) is 8.92. The molecule has 1 saturated carbocycles. The van der Waals surface area contributed by atoms with E-state index in [1.165, 1.54) is 13.2 Å². The van der Waals surface area contributed by atoms with Gasteiger partial charge in [-0.25, -0.2) is 4.79 Å². The average Bonchev–Trinajstić information content (AvgIpc) is 2.90. The van der Waals surface area contributed by atoms with Gasteiger partial charge in [-0.15, -0.1) is 0 Å². The van der Waals surface area contributed by atoms with Crippen LogP contribution in [0.4, 0.5) is 5.69 Å². The van der Waals surface area contributed by atoms with Crippen LogP contribution in [0.2, 0.25) is 0 Å². The minimum absolute atomic E-state index is 0.0411. The van der Waals surface area contributed by atoms with E-state index in [4.69, 9.17) is 14.2 Å². The highest BCUT2D eigenvalue weighted by Gasteiger charge is 2.25. The van der Waals surface area contributed by atoms with Gasteiger partial charge in [0.2, 0.25) is 5.91 Å². The van der Waals surface area contributed by atoms with Crippen molar-refractivity contribution in [2.75, 3.05) is 19.0 Å². The van der Waals surface area contributed by atoms with E-state index < -0.39 is 0 Å². The van der Waals surface area contributed by atoms with Gasteiger partial charge in [-0.05, 0) is 79.1 Å². The molecular formula is C29H31NO6. The fraction of sp³-hybridized carbons (Fsp3) is 0.310. The van der Waals surface area contributed by atoms with Gasteiger partial charge in [0.05, 0.1) is 13.5 Å². The largest absolute Gasteiger partial charge is 0.504 e.